The number of hydrogen-bond acceptors (Lipinski definition) is 3. The Morgan fingerprint density at radius 3 is 2.56 bits per heavy atom. The number of rotatable bonds is 5. The Hall–Kier alpha value is -0.120. The van der Waals surface area contributed by atoms with Gasteiger partial charge in [0.05, 0.1) is 6.10 Å². The molecule has 0 aromatic carbocycles. The second-order valence-electron chi connectivity index (χ2n) is 5.19. The van der Waals surface area contributed by atoms with E-state index in [1.54, 1.807) is 7.11 Å². The van der Waals surface area contributed by atoms with Crippen molar-refractivity contribution in [2.75, 3.05) is 26.7 Å². The van der Waals surface area contributed by atoms with Gasteiger partial charge in [0.2, 0.25) is 0 Å². The van der Waals surface area contributed by atoms with Crippen molar-refractivity contribution in [2.24, 2.45) is 0 Å². The zero-order valence-electron chi connectivity index (χ0n) is 11.5. The lowest BCUT2D eigenvalue weighted by molar-refractivity contribution is 0.0229. The highest BCUT2D eigenvalue weighted by molar-refractivity contribution is 4.95. The maximum atomic E-state index is 5.37. The summed E-state index contributed by atoms with van der Waals surface area (Å²) in [5.41, 5.74) is 0.319. The standard InChI is InChI=1S/C13H28N2O/c1-6-13(7-2)10-15(9-12(4)16-5)11(3)8-14-13/h11-12,14H,6-10H2,1-5H3. The van der Waals surface area contributed by atoms with Crippen LogP contribution in [0.3, 0.4) is 0 Å². The molecule has 1 fully saturated rings. The Kier molecular flexibility index (Phi) is 5.22. The first-order valence-corrected chi connectivity index (χ1v) is 6.58. The fourth-order valence-corrected chi connectivity index (χ4v) is 2.47. The van der Waals surface area contributed by atoms with Crippen LogP contribution in [0.1, 0.15) is 40.5 Å². The molecule has 0 bridgehead atoms. The van der Waals surface area contributed by atoms with Gasteiger partial charge in [-0.05, 0) is 26.7 Å². The van der Waals surface area contributed by atoms with Gasteiger partial charge in [0.15, 0.2) is 0 Å². The molecule has 1 N–H and O–H groups in total. The zero-order chi connectivity index (χ0) is 12.2. The van der Waals surface area contributed by atoms with E-state index in [-0.39, 0.29) is 0 Å². The Balaban J connectivity index is 2.60. The summed E-state index contributed by atoms with van der Waals surface area (Å²) in [6.07, 6.45) is 2.73. The van der Waals surface area contributed by atoms with Gasteiger partial charge >= 0.3 is 0 Å². The summed E-state index contributed by atoms with van der Waals surface area (Å²) in [5.74, 6) is 0. The zero-order valence-corrected chi connectivity index (χ0v) is 11.5. The molecule has 96 valence electrons. The molecule has 2 atom stereocenters. The molecular formula is C13H28N2O. The molecule has 0 radical (unpaired) electrons. The number of nitrogens with one attached hydrogen (secondary N) is 1. The molecule has 1 heterocycles. The molecule has 1 aliphatic rings. The number of ether oxygens (including phenoxy) is 1. The maximum Gasteiger partial charge on any atom is 0.0670 e. The molecule has 0 amide bonds. The van der Waals surface area contributed by atoms with E-state index in [1.807, 2.05) is 0 Å². The van der Waals surface area contributed by atoms with E-state index in [2.05, 4.69) is 37.9 Å². The van der Waals surface area contributed by atoms with Crippen LogP contribution >= 0.6 is 0 Å². The van der Waals surface area contributed by atoms with E-state index in [4.69, 9.17) is 4.74 Å². The fraction of sp³-hybridized carbons (Fsp3) is 1.00. The summed E-state index contributed by atoms with van der Waals surface area (Å²) in [6, 6.07) is 0.615. The van der Waals surface area contributed by atoms with Crippen molar-refractivity contribution in [1.29, 1.82) is 0 Å². The molecule has 1 aliphatic heterocycles. The Morgan fingerprint density at radius 1 is 1.44 bits per heavy atom. The summed E-state index contributed by atoms with van der Waals surface area (Å²) < 4.78 is 5.37. The minimum atomic E-state index is 0.319. The SMILES string of the molecule is CCC1(CC)CN(CC(C)OC)C(C)CN1. The quantitative estimate of drug-likeness (QED) is 0.777. The van der Waals surface area contributed by atoms with Crippen molar-refractivity contribution in [2.45, 2.75) is 58.2 Å². The van der Waals surface area contributed by atoms with Crippen molar-refractivity contribution < 1.29 is 4.74 Å². The van der Waals surface area contributed by atoms with E-state index in [0.717, 1.165) is 19.6 Å². The highest BCUT2D eigenvalue weighted by Crippen LogP contribution is 2.22. The van der Waals surface area contributed by atoms with Gasteiger partial charge in [0.25, 0.3) is 0 Å². The second kappa shape index (κ2) is 5.99. The van der Waals surface area contributed by atoms with E-state index >= 15 is 0 Å². The van der Waals surface area contributed by atoms with Crippen molar-refractivity contribution in [3.05, 3.63) is 0 Å². The first-order valence-electron chi connectivity index (χ1n) is 6.58. The van der Waals surface area contributed by atoms with Crippen LogP contribution in [0.5, 0.6) is 0 Å². The van der Waals surface area contributed by atoms with Crippen LogP contribution in [0.4, 0.5) is 0 Å². The monoisotopic (exact) mass is 228 g/mol. The molecule has 16 heavy (non-hydrogen) atoms. The third kappa shape index (κ3) is 3.19. The van der Waals surface area contributed by atoms with Crippen LogP contribution in [0.2, 0.25) is 0 Å². The third-order valence-electron chi connectivity index (χ3n) is 4.15. The molecule has 0 aliphatic carbocycles. The van der Waals surface area contributed by atoms with Gasteiger partial charge in [0, 0.05) is 38.3 Å². The van der Waals surface area contributed by atoms with E-state index in [1.165, 1.54) is 12.8 Å². The molecule has 0 saturated carbocycles. The molecule has 2 unspecified atom stereocenters. The van der Waals surface area contributed by atoms with Crippen molar-refractivity contribution in [3.8, 4) is 0 Å². The number of methoxy groups -OCH3 is 1. The predicted octanol–water partition coefficient (Wildman–Crippen LogP) is 1.87. The van der Waals surface area contributed by atoms with Crippen LogP contribution in [-0.4, -0.2) is 49.3 Å². The maximum absolute atomic E-state index is 5.37. The minimum absolute atomic E-state index is 0.319. The molecule has 3 heteroatoms. The average Bonchev–Trinajstić information content (AvgIpc) is 2.32. The van der Waals surface area contributed by atoms with Crippen LogP contribution in [0.25, 0.3) is 0 Å². The molecule has 1 saturated heterocycles. The number of piperazine rings is 1. The van der Waals surface area contributed by atoms with Gasteiger partial charge in [-0.25, -0.2) is 0 Å². The summed E-state index contributed by atoms with van der Waals surface area (Å²) in [6.45, 7) is 12.3. The summed E-state index contributed by atoms with van der Waals surface area (Å²) in [7, 11) is 1.80. The summed E-state index contributed by atoms with van der Waals surface area (Å²) in [5, 5.41) is 3.72. The van der Waals surface area contributed by atoms with Crippen LogP contribution in [0.15, 0.2) is 0 Å². The first-order chi connectivity index (χ1) is 7.56. The average molecular weight is 228 g/mol. The van der Waals surface area contributed by atoms with Crippen LogP contribution in [0, 0.1) is 0 Å². The van der Waals surface area contributed by atoms with E-state index < -0.39 is 0 Å². The highest BCUT2D eigenvalue weighted by atomic mass is 16.5. The summed E-state index contributed by atoms with van der Waals surface area (Å²) in [4.78, 5) is 2.57. The van der Waals surface area contributed by atoms with Crippen LogP contribution < -0.4 is 5.32 Å². The Morgan fingerprint density at radius 2 is 2.06 bits per heavy atom. The largest absolute Gasteiger partial charge is 0.380 e. The molecule has 3 nitrogen and oxygen atoms in total. The normalized spacial score (nSPS) is 27.9. The van der Waals surface area contributed by atoms with Gasteiger partial charge in [-0.15, -0.1) is 0 Å². The van der Waals surface area contributed by atoms with Crippen molar-refractivity contribution in [3.63, 3.8) is 0 Å². The Bertz CT molecular complexity index is 204. The van der Waals surface area contributed by atoms with Crippen LogP contribution in [-0.2, 0) is 4.74 Å². The van der Waals surface area contributed by atoms with Gasteiger partial charge < -0.3 is 10.1 Å². The lowest BCUT2D eigenvalue weighted by atomic mass is 9.88. The van der Waals surface area contributed by atoms with Crippen molar-refractivity contribution in [1.82, 2.24) is 10.2 Å². The number of hydrogen-bond donors (Lipinski definition) is 1. The van der Waals surface area contributed by atoms with E-state index in [9.17, 15) is 0 Å². The topological polar surface area (TPSA) is 24.5 Å². The highest BCUT2D eigenvalue weighted by Gasteiger charge is 2.35. The molecule has 0 aromatic heterocycles. The van der Waals surface area contributed by atoms with Crippen molar-refractivity contribution >= 4 is 0 Å². The third-order valence-corrected chi connectivity index (χ3v) is 4.15. The minimum Gasteiger partial charge on any atom is -0.380 e. The molecule has 1 rings (SSSR count). The molecular weight excluding hydrogens is 200 g/mol. The lowest BCUT2D eigenvalue weighted by Crippen LogP contribution is -2.63. The van der Waals surface area contributed by atoms with Gasteiger partial charge in [-0.2, -0.15) is 0 Å². The van der Waals surface area contributed by atoms with Gasteiger partial charge in [0.1, 0.15) is 0 Å². The molecule has 0 spiro atoms. The predicted molar refractivity (Wildman–Crippen MR) is 68.8 cm³/mol. The van der Waals surface area contributed by atoms with Gasteiger partial charge in [-0.1, -0.05) is 13.8 Å². The first kappa shape index (κ1) is 13.9. The Labute approximate surface area is 101 Å². The summed E-state index contributed by atoms with van der Waals surface area (Å²) >= 11 is 0. The molecule has 0 aromatic rings. The second-order valence-corrected chi connectivity index (χ2v) is 5.19. The van der Waals surface area contributed by atoms with E-state index in [0.29, 0.717) is 17.7 Å². The number of nitrogens with zero attached hydrogens (tertiary/aromatic N) is 1. The lowest BCUT2D eigenvalue weighted by Gasteiger charge is -2.47. The fourth-order valence-electron chi connectivity index (χ4n) is 2.47. The van der Waals surface area contributed by atoms with Gasteiger partial charge in [-0.3, -0.25) is 4.90 Å². The smallest absolute Gasteiger partial charge is 0.0670 e.